The molecule has 0 saturated carbocycles. The first kappa shape index (κ1) is 20.2. The molecule has 1 atom stereocenters. The summed E-state index contributed by atoms with van der Waals surface area (Å²) in [7, 11) is 0. The first-order chi connectivity index (χ1) is 12.5. The Balaban J connectivity index is 2.14. The third-order valence-corrected chi connectivity index (χ3v) is 5.00. The molecule has 0 aliphatic rings. The smallest absolute Gasteiger partial charge is 0.240 e. The van der Waals surface area contributed by atoms with Crippen molar-refractivity contribution in [2.24, 2.45) is 0 Å². The number of carbonyl (C=O) groups excluding carboxylic acids is 1. The van der Waals surface area contributed by atoms with Crippen LogP contribution >= 0.6 is 23.4 Å². The van der Waals surface area contributed by atoms with Gasteiger partial charge in [-0.15, -0.1) is 11.8 Å². The average molecular weight is 389 g/mol. The summed E-state index contributed by atoms with van der Waals surface area (Å²) in [4.78, 5) is 15.6. The van der Waals surface area contributed by atoms with Crippen molar-refractivity contribution in [3.8, 4) is 11.8 Å². The summed E-state index contributed by atoms with van der Waals surface area (Å²) in [6.07, 6.45) is 0.275. The summed E-state index contributed by atoms with van der Waals surface area (Å²) >= 11 is 7.38. The molecular weight excluding hydrogens is 368 g/mol. The molecule has 2 rings (SSSR count). The van der Waals surface area contributed by atoms with E-state index in [2.05, 4.69) is 6.07 Å². The van der Waals surface area contributed by atoms with Crippen molar-refractivity contribution in [3.63, 3.8) is 0 Å². The lowest BCUT2D eigenvalue weighted by atomic mass is 10.2. The summed E-state index contributed by atoms with van der Waals surface area (Å²) in [6, 6.07) is 16.9. The van der Waals surface area contributed by atoms with Gasteiger partial charge in [-0.05, 0) is 62.4 Å². The van der Waals surface area contributed by atoms with Crippen LogP contribution < -0.4 is 9.64 Å². The molecule has 0 N–H and O–H groups in total. The van der Waals surface area contributed by atoms with Crippen LogP contribution in [-0.4, -0.2) is 24.3 Å². The van der Waals surface area contributed by atoms with Gasteiger partial charge >= 0.3 is 0 Å². The molecule has 1 unspecified atom stereocenters. The molecule has 136 valence electrons. The number of rotatable bonds is 8. The van der Waals surface area contributed by atoms with E-state index < -0.39 is 0 Å². The summed E-state index contributed by atoms with van der Waals surface area (Å²) in [6.45, 7) is 4.74. The largest absolute Gasteiger partial charge is 0.494 e. The molecule has 0 fully saturated rings. The van der Waals surface area contributed by atoms with Crippen LogP contribution in [0.4, 0.5) is 5.69 Å². The fraction of sp³-hybridized carbons (Fsp3) is 0.300. The predicted octanol–water partition coefficient (Wildman–Crippen LogP) is 5.17. The zero-order chi connectivity index (χ0) is 18.9. The van der Waals surface area contributed by atoms with Gasteiger partial charge < -0.3 is 9.64 Å². The van der Waals surface area contributed by atoms with E-state index in [1.807, 2.05) is 50.2 Å². The number of nitrogens with zero attached hydrogens (tertiary/aromatic N) is 2. The number of thioether (sulfide) groups is 1. The monoisotopic (exact) mass is 388 g/mol. The Bertz CT molecular complexity index is 757. The summed E-state index contributed by atoms with van der Waals surface area (Å²) < 4.78 is 5.45. The van der Waals surface area contributed by atoms with Gasteiger partial charge in [-0.25, -0.2) is 0 Å². The number of ether oxygens (including phenoxy) is 1. The van der Waals surface area contributed by atoms with Crippen LogP contribution in [0.15, 0.2) is 53.4 Å². The Labute approximate surface area is 163 Å². The van der Waals surface area contributed by atoms with Crippen molar-refractivity contribution in [1.82, 2.24) is 0 Å². The number of carbonyl (C=O) groups is 1. The lowest BCUT2D eigenvalue weighted by molar-refractivity contribution is -0.117. The van der Waals surface area contributed by atoms with Crippen LogP contribution in [0.2, 0.25) is 5.02 Å². The van der Waals surface area contributed by atoms with E-state index >= 15 is 0 Å². The lowest BCUT2D eigenvalue weighted by Crippen LogP contribution is -2.37. The van der Waals surface area contributed by atoms with Crippen molar-refractivity contribution in [3.05, 3.63) is 53.6 Å². The molecule has 6 heteroatoms. The average Bonchev–Trinajstić information content (AvgIpc) is 2.65. The van der Waals surface area contributed by atoms with E-state index in [0.29, 0.717) is 18.2 Å². The van der Waals surface area contributed by atoms with Crippen LogP contribution in [0.1, 0.15) is 20.3 Å². The van der Waals surface area contributed by atoms with Gasteiger partial charge in [-0.2, -0.15) is 5.26 Å². The van der Waals surface area contributed by atoms with Gasteiger partial charge in [0.1, 0.15) is 5.75 Å². The Kier molecular flexibility index (Phi) is 7.83. The second-order valence-electron chi connectivity index (χ2n) is 5.54. The van der Waals surface area contributed by atoms with E-state index in [9.17, 15) is 4.79 Å². The second kappa shape index (κ2) is 10.1. The van der Waals surface area contributed by atoms with Crippen molar-refractivity contribution in [2.75, 3.05) is 18.1 Å². The molecule has 0 aromatic heterocycles. The number of anilines is 1. The van der Waals surface area contributed by atoms with Gasteiger partial charge in [-0.1, -0.05) is 11.6 Å². The lowest BCUT2D eigenvalue weighted by Gasteiger charge is -2.25. The Morgan fingerprint density at radius 1 is 1.23 bits per heavy atom. The maximum absolute atomic E-state index is 13.0. The highest BCUT2D eigenvalue weighted by Gasteiger charge is 2.22. The molecule has 4 nitrogen and oxygen atoms in total. The summed E-state index contributed by atoms with van der Waals surface area (Å²) in [5.41, 5.74) is 0.761. The third kappa shape index (κ3) is 5.69. The summed E-state index contributed by atoms with van der Waals surface area (Å²) in [5.74, 6) is 0.719. The highest BCUT2D eigenvalue weighted by molar-refractivity contribution is 8.00. The van der Waals surface area contributed by atoms with Crippen molar-refractivity contribution < 1.29 is 9.53 Å². The van der Waals surface area contributed by atoms with Crippen LogP contribution in [0.5, 0.6) is 5.75 Å². The van der Waals surface area contributed by atoms with E-state index in [1.54, 1.807) is 17.0 Å². The van der Waals surface area contributed by atoms with E-state index in [1.165, 1.54) is 11.8 Å². The fourth-order valence-electron chi connectivity index (χ4n) is 2.40. The fourth-order valence-corrected chi connectivity index (χ4v) is 3.46. The Hall–Kier alpha value is -2.16. The molecule has 0 radical (unpaired) electrons. The molecule has 0 spiro atoms. The van der Waals surface area contributed by atoms with Gasteiger partial charge in [0.15, 0.2) is 0 Å². The first-order valence-corrected chi connectivity index (χ1v) is 9.64. The molecule has 26 heavy (non-hydrogen) atoms. The quantitative estimate of drug-likeness (QED) is 0.585. The number of nitriles is 1. The van der Waals surface area contributed by atoms with Crippen molar-refractivity contribution in [2.45, 2.75) is 30.4 Å². The second-order valence-corrected chi connectivity index (χ2v) is 7.39. The van der Waals surface area contributed by atoms with E-state index in [4.69, 9.17) is 21.6 Å². The molecule has 1 amide bonds. The standard InChI is InChI=1S/C20H21ClN2O2S/c1-3-25-18-9-7-17(8-10-18)23(14-4-13-22)20(24)15(2)26-19-11-5-16(21)6-12-19/h5-12,15H,3-4,14H2,1-2H3. The number of benzene rings is 2. The van der Waals surface area contributed by atoms with Gasteiger partial charge in [0.05, 0.1) is 24.3 Å². The number of halogens is 1. The molecule has 0 aliphatic carbocycles. The van der Waals surface area contributed by atoms with Crippen LogP contribution in [0.3, 0.4) is 0 Å². The van der Waals surface area contributed by atoms with Crippen molar-refractivity contribution in [1.29, 1.82) is 5.26 Å². The Morgan fingerprint density at radius 2 is 1.88 bits per heavy atom. The number of hydrogen-bond acceptors (Lipinski definition) is 4. The molecule has 0 saturated heterocycles. The molecule has 0 aliphatic heterocycles. The first-order valence-electron chi connectivity index (χ1n) is 8.38. The van der Waals surface area contributed by atoms with Gasteiger partial charge in [0, 0.05) is 22.2 Å². The maximum Gasteiger partial charge on any atom is 0.240 e. The van der Waals surface area contributed by atoms with Gasteiger partial charge in [-0.3, -0.25) is 4.79 Å². The normalized spacial score (nSPS) is 11.5. The highest BCUT2D eigenvalue weighted by Crippen LogP contribution is 2.28. The van der Waals surface area contributed by atoms with E-state index in [0.717, 1.165) is 16.3 Å². The number of amides is 1. The Morgan fingerprint density at radius 3 is 2.46 bits per heavy atom. The van der Waals surface area contributed by atoms with Crippen LogP contribution in [0.25, 0.3) is 0 Å². The van der Waals surface area contributed by atoms with Crippen molar-refractivity contribution >= 4 is 35.0 Å². The van der Waals surface area contributed by atoms with Gasteiger partial charge in [0.2, 0.25) is 5.91 Å². The minimum absolute atomic E-state index is 0.0376. The number of hydrogen-bond donors (Lipinski definition) is 0. The molecule has 0 bridgehead atoms. The molecule has 0 heterocycles. The maximum atomic E-state index is 13.0. The summed E-state index contributed by atoms with van der Waals surface area (Å²) in [5, 5.41) is 9.31. The zero-order valence-corrected chi connectivity index (χ0v) is 16.4. The third-order valence-electron chi connectivity index (χ3n) is 3.65. The molecular formula is C20H21ClN2O2S. The molecule has 2 aromatic rings. The topological polar surface area (TPSA) is 53.3 Å². The highest BCUT2D eigenvalue weighted by atomic mass is 35.5. The van der Waals surface area contributed by atoms with Crippen LogP contribution in [-0.2, 0) is 4.79 Å². The minimum atomic E-state index is -0.290. The predicted molar refractivity (Wildman–Crippen MR) is 107 cm³/mol. The minimum Gasteiger partial charge on any atom is -0.494 e. The zero-order valence-electron chi connectivity index (χ0n) is 14.8. The van der Waals surface area contributed by atoms with Gasteiger partial charge in [0.25, 0.3) is 0 Å². The SMILES string of the molecule is CCOc1ccc(N(CCC#N)C(=O)C(C)Sc2ccc(Cl)cc2)cc1. The van der Waals surface area contributed by atoms with Crippen LogP contribution in [0, 0.1) is 11.3 Å². The molecule has 2 aromatic carbocycles. The van der Waals surface area contributed by atoms with E-state index in [-0.39, 0.29) is 17.6 Å².